The summed E-state index contributed by atoms with van der Waals surface area (Å²) >= 11 is 3.72. The Balaban J connectivity index is 2.36. The van der Waals surface area contributed by atoms with E-state index in [0.29, 0.717) is 6.61 Å². The standard InChI is InChI=1S/C16H19BrO2/c1-4-12-7-9-15(19-12)16(17)13-10-11(3)6-8-14(13)18-5-2/h6-10,16H,4-5H2,1-3H3. The molecule has 2 aromatic rings. The maximum Gasteiger partial charge on any atom is 0.124 e. The van der Waals surface area contributed by atoms with Crippen molar-refractivity contribution in [3.63, 3.8) is 0 Å². The second-order valence-corrected chi connectivity index (χ2v) is 5.41. The van der Waals surface area contributed by atoms with Gasteiger partial charge in [0.05, 0.1) is 6.61 Å². The van der Waals surface area contributed by atoms with E-state index in [1.54, 1.807) is 0 Å². The van der Waals surface area contributed by atoms with Crippen LogP contribution in [0.2, 0.25) is 0 Å². The lowest BCUT2D eigenvalue weighted by atomic mass is 10.1. The molecule has 0 bridgehead atoms. The number of furan rings is 1. The van der Waals surface area contributed by atoms with E-state index in [1.807, 2.05) is 25.1 Å². The van der Waals surface area contributed by atoms with Crippen LogP contribution in [0, 0.1) is 6.92 Å². The zero-order valence-electron chi connectivity index (χ0n) is 11.6. The third kappa shape index (κ3) is 3.21. The normalized spacial score (nSPS) is 12.4. The van der Waals surface area contributed by atoms with Crippen molar-refractivity contribution in [2.45, 2.75) is 32.0 Å². The summed E-state index contributed by atoms with van der Waals surface area (Å²) in [4.78, 5) is 0.0225. The highest BCUT2D eigenvalue weighted by molar-refractivity contribution is 9.09. The molecule has 1 heterocycles. The smallest absolute Gasteiger partial charge is 0.124 e. The third-order valence-electron chi connectivity index (χ3n) is 3.02. The Morgan fingerprint density at radius 2 is 2.00 bits per heavy atom. The number of rotatable bonds is 5. The van der Waals surface area contributed by atoms with E-state index in [1.165, 1.54) is 5.56 Å². The van der Waals surface area contributed by atoms with Crippen molar-refractivity contribution < 1.29 is 9.15 Å². The Kier molecular flexibility index (Phi) is 4.70. The molecule has 0 aliphatic heterocycles. The van der Waals surface area contributed by atoms with Gasteiger partial charge in [-0.25, -0.2) is 0 Å². The largest absolute Gasteiger partial charge is 0.494 e. The molecule has 1 aromatic carbocycles. The summed E-state index contributed by atoms with van der Waals surface area (Å²) in [5.41, 5.74) is 2.32. The molecular weight excluding hydrogens is 304 g/mol. The molecule has 2 nitrogen and oxygen atoms in total. The van der Waals surface area contributed by atoms with Crippen LogP contribution in [0.25, 0.3) is 0 Å². The highest BCUT2D eigenvalue weighted by Crippen LogP contribution is 2.38. The van der Waals surface area contributed by atoms with Gasteiger partial charge in [-0.05, 0) is 32.0 Å². The minimum absolute atomic E-state index is 0.0225. The van der Waals surface area contributed by atoms with Gasteiger partial charge in [0.15, 0.2) is 0 Å². The number of halogens is 1. The van der Waals surface area contributed by atoms with E-state index in [-0.39, 0.29) is 4.83 Å². The van der Waals surface area contributed by atoms with E-state index in [4.69, 9.17) is 9.15 Å². The van der Waals surface area contributed by atoms with Crippen molar-refractivity contribution in [2.24, 2.45) is 0 Å². The monoisotopic (exact) mass is 322 g/mol. The van der Waals surface area contributed by atoms with Crippen LogP contribution in [-0.4, -0.2) is 6.61 Å². The third-order valence-corrected chi connectivity index (χ3v) is 3.96. The van der Waals surface area contributed by atoms with Crippen LogP contribution in [0.1, 0.15) is 41.3 Å². The highest BCUT2D eigenvalue weighted by Gasteiger charge is 2.19. The van der Waals surface area contributed by atoms with Crippen molar-refractivity contribution in [3.8, 4) is 5.75 Å². The van der Waals surface area contributed by atoms with Crippen LogP contribution in [0.15, 0.2) is 34.7 Å². The van der Waals surface area contributed by atoms with Gasteiger partial charge in [-0.15, -0.1) is 0 Å². The maximum absolute atomic E-state index is 5.82. The van der Waals surface area contributed by atoms with Crippen LogP contribution in [0.3, 0.4) is 0 Å². The van der Waals surface area contributed by atoms with Crippen molar-refractivity contribution >= 4 is 15.9 Å². The van der Waals surface area contributed by atoms with Crippen molar-refractivity contribution in [2.75, 3.05) is 6.61 Å². The van der Waals surface area contributed by atoms with Crippen LogP contribution in [0.4, 0.5) is 0 Å². The molecule has 102 valence electrons. The molecule has 2 rings (SSSR count). The highest BCUT2D eigenvalue weighted by atomic mass is 79.9. The molecular formula is C16H19BrO2. The molecule has 0 amide bonds. The molecule has 0 fully saturated rings. The molecule has 1 aromatic heterocycles. The lowest BCUT2D eigenvalue weighted by Gasteiger charge is -2.14. The van der Waals surface area contributed by atoms with Gasteiger partial charge >= 0.3 is 0 Å². The van der Waals surface area contributed by atoms with Gasteiger partial charge in [-0.3, -0.25) is 0 Å². The molecule has 1 atom stereocenters. The number of aryl methyl sites for hydroxylation is 2. The van der Waals surface area contributed by atoms with Crippen LogP contribution in [-0.2, 0) is 6.42 Å². The molecule has 19 heavy (non-hydrogen) atoms. The average Bonchev–Trinajstić information content (AvgIpc) is 2.89. The minimum atomic E-state index is 0.0225. The predicted octanol–water partition coefficient (Wildman–Crippen LogP) is 5.03. The number of hydrogen-bond acceptors (Lipinski definition) is 2. The Bertz CT molecular complexity index is 545. The number of benzene rings is 1. The van der Waals surface area contributed by atoms with Gasteiger partial charge in [-0.1, -0.05) is 40.5 Å². The van der Waals surface area contributed by atoms with Gasteiger partial charge in [0, 0.05) is 12.0 Å². The number of hydrogen-bond donors (Lipinski definition) is 0. The van der Waals surface area contributed by atoms with Gasteiger partial charge in [0.25, 0.3) is 0 Å². The first-order chi connectivity index (χ1) is 9.15. The first kappa shape index (κ1) is 14.2. The molecule has 0 spiro atoms. The Labute approximate surface area is 122 Å². The second-order valence-electron chi connectivity index (χ2n) is 4.49. The summed E-state index contributed by atoms with van der Waals surface area (Å²) < 4.78 is 11.5. The molecule has 0 saturated heterocycles. The van der Waals surface area contributed by atoms with Crippen LogP contribution in [0.5, 0.6) is 5.75 Å². The Hall–Kier alpha value is -1.22. The van der Waals surface area contributed by atoms with Crippen LogP contribution < -0.4 is 4.74 Å². The summed E-state index contributed by atoms with van der Waals surface area (Å²) in [5, 5.41) is 0. The molecule has 0 aliphatic carbocycles. The summed E-state index contributed by atoms with van der Waals surface area (Å²) in [6, 6.07) is 10.3. The first-order valence-corrected chi connectivity index (χ1v) is 7.53. The van der Waals surface area contributed by atoms with E-state index >= 15 is 0 Å². The SMILES string of the molecule is CCOc1ccc(C)cc1C(Br)c1ccc(CC)o1. The fraction of sp³-hybridized carbons (Fsp3) is 0.375. The lowest BCUT2D eigenvalue weighted by Crippen LogP contribution is -2.00. The lowest BCUT2D eigenvalue weighted by molar-refractivity contribution is 0.336. The van der Waals surface area contributed by atoms with E-state index < -0.39 is 0 Å². The Morgan fingerprint density at radius 1 is 1.21 bits per heavy atom. The minimum Gasteiger partial charge on any atom is -0.494 e. The summed E-state index contributed by atoms with van der Waals surface area (Å²) in [5.74, 6) is 2.83. The second kappa shape index (κ2) is 6.29. The molecule has 3 heteroatoms. The average molecular weight is 323 g/mol. The summed E-state index contributed by atoms with van der Waals surface area (Å²) in [6.45, 7) is 6.83. The zero-order valence-corrected chi connectivity index (χ0v) is 13.2. The number of alkyl halides is 1. The van der Waals surface area contributed by atoms with Crippen molar-refractivity contribution in [3.05, 3.63) is 53.0 Å². The quantitative estimate of drug-likeness (QED) is 0.720. The van der Waals surface area contributed by atoms with Gasteiger partial charge in [0.1, 0.15) is 22.1 Å². The van der Waals surface area contributed by atoms with Crippen LogP contribution >= 0.6 is 15.9 Å². The fourth-order valence-electron chi connectivity index (χ4n) is 2.03. The first-order valence-electron chi connectivity index (χ1n) is 6.61. The molecule has 0 N–H and O–H groups in total. The van der Waals surface area contributed by atoms with E-state index in [0.717, 1.165) is 29.3 Å². The predicted molar refractivity (Wildman–Crippen MR) is 81.2 cm³/mol. The fourth-order valence-corrected chi connectivity index (χ4v) is 2.63. The molecule has 1 unspecified atom stereocenters. The van der Waals surface area contributed by atoms with Gasteiger partial charge in [0.2, 0.25) is 0 Å². The summed E-state index contributed by atoms with van der Waals surface area (Å²) in [7, 11) is 0. The number of ether oxygens (including phenoxy) is 1. The van der Waals surface area contributed by atoms with Crippen molar-refractivity contribution in [1.82, 2.24) is 0 Å². The summed E-state index contributed by atoms with van der Waals surface area (Å²) in [6.07, 6.45) is 0.909. The van der Waals surface area contributed by atoms with E-state index in [2.05, 4.69) is 41.9 Å². The molecule has 0 aliphatic rings. The molecule has 0 saturated carbocycles. The van der Waals surface area contributed by atoms with Gasteiger partial charge in [-0.2, -0.15) is 0 Å². The topological polar surface area (TPSA) is 22.4 Å². The molecule has 0 radical (unpaired) electrons. The Morgan fingerprint density at radius 3 is 2.63 bits per heavy atom. The van der Waals surface area contributed by atoms with E-state index in [9.17, 15) is 0 Å². The maximum atomic E-state index is 5.82. The zero-order chi connectivity index (χ0) is 13.8. The van der Waals surface area contributed by atoms with Gasteiger partial charge < -0.3 is 9.15 Å². The van der Waals surface area contributed by atoms with Crippen molar-refractivity contribution in [1.29, 1.82) is 0 Å².